The Morgan fingerprint density at radius 1 is 1.10 bits per heavy atom. The van der Waals surface area contributed by atoms with Crippen LogP contribution in [0.3, 0.4) is 0 Å². The molecular weight excluding hydrogens is 266 g/mol. The lowest BCUT2D eigenvalue weighted by Crippen LogP contribution is -2.40. The molecule has 7 heteroatoms. The van der Waals surface area contributed by atoms with Crippen LogP contribution in [0.25, 0.3) is 0 Å². The molecule has 0 saturated heterocycles. The molecule has 0 aliphatic rings. The van der Waals surface area contributed by atoms with Gasteiger partial charge in [-0.3, -0.25) is 4.79 Å². The molecule has 0 aromatic rings. The number of rotatable bonds is 9. The van der Waals surface area contributed by atoms with Gasteiger partial charge >= 0.3 is 11.9 Å². The lowest BCUT2D eigenvalue weighted by molar-refractivity contribution is -0.153. The standard InChI is InChI=1S/C13H17NO6/c1-4-7-13(12(17)14-18,8-19-10(15)5-2)9-20-11(16)6-3/h5-6H,2-4,7-9H2,1H3. The molecule has 0 aliphatic heterocycles. The summed E-state index contributed by atoms with van der Waals surface area (Å²) in [6.45, 7) is 7.36. The van der Waals surface area contributed by atoms with Gasteiger partial charge in [-0.1, -0.05) is 26.5 Å². The van der Waals surface area contributed by atoms with Gasteiger partial charge in [0.2, 0.25) is 0 Å². The van der Waals surface area contributed by atoms with Crippen LogP contribution in [0.2, 0.25) is 0 Å². The maximum absolute atomic E-state index is 11.7. The van der Waals surface area contributed by atoms with Crippen molar-refractivity contribution in [1.82, 2.24) is 0 Å². The number of nitroso groups, excluding NO2 is 1. The number of hydrogen-bond donors (Lipinski definition) is 0. The van der Waals surface area contributed by atoms with Crippen molar-refractivity contribution in [2.75, 3.05) is 13.2 Å². The summed E-state index contributed by atoms with van der Waals surface area (Å²) in [6, 6.07) is 0. The molecule has 0 spiro atoms. The number of nitrogens with zero attached hydrogens (tertiary/aromatic N) is 1. The summed E-state index contributed by atoms with van der Waals surface area (Å²) in [7, 11) is 0. The molecule has 20 heavy (non-hydrogen) atoms. The highest BCUT2D eigenvalue weighted by atomic mass is 16.5. The zero-order chi connectivity index (χ0) is 15.6. The molecule has 0 unspecified atom stereocenters. The van der Waals surface area contributed by atoms with Crippen molar-refractivity contribution in [2.45, 2.75) is 19.8 Å². The third-order valence-corrected chi connectivity index (χ3v) is 2.58. The highest BCUT2D eigenvalue weighted by Crippen LogP contribution is 2.27. The number of amides is 1. The Kier molecular flexibility index (Phi) is 7.72. The second kappa shape index (κ2) is 8.73. The Bertz CT molecular complexity index is 391. The first-order valence-corrected chi connectivity index (χ1v) is 5.92. The Balaban J connectivity index is 5.11. The third kappa shape index (κ3) is 5.13. The Hall–Kier alpha value is -2.31. The first-order valence-electron chi connectivity index (χ1n) is 5.92. The highest BCUT2D eigenvalue weighted by Gasteiger charge is 2.41. The molecule has 110 valence electrons. The van der Waals surface area contributed by atoms with E-state index < -0.39 is 36.5 Å². The van der Waals surface area contributed by atoms with Crippen LogP contribution >= 0.6 is 0 Å². The molecule has 0 rings (SSSR count). The molecule has 1 amide bonds. The van der Waals surface area contributed by atoms with E-state index in [0.717, 1.165) is 12.2 Å². The average molecular weight is 283 g/mol. The van der Waals surface area contributed by atoms with E-state index >= 15 is 0 Å². The minimum atomic E-state index is -1.48. The SMILES string of the molecule is C=CC(=O)OCC(CCC)(COC(=O)C=C)C(=O)N=O. The van der Waals surface area contributed by atoms with Gasteiger partial charge in [0, 0.05) is 17.3 Å². The highest BCUT2D eigenvalue weighted by molar-refractivity contribution is 5.86. The summed E-state index contributed by atoms with van der Waals surface area (Å²) in [6.07, 6.45) is 2.52. The molecule has 0 N–H and O–H groups in total. The van der Waals surface area contributed by atoms with Crippen molar-refractivity contribution < 1.29 is 23.9 Å². The molecule has 0 saturated carbocycles. The molecule has 0 aliphatic carbocycles. The second-order valence-corrected chi connectivity index (χ2v) is 4.05. The number of carbonyl (C=O) groups excluding carboxylic acids is 3. The monoisotopic (exact) mass is 283 g/mol. The number of carbonyl (C=O) groups is 3. The molecule has 0 fully saturated rings. The van der Waals surface area contributed by atoms with Gasteiger partial charge in [0.1, 0.15) is 18.6 Å². The van der Waals surface area contributed by atoms with Gasteiger partial charge in [-0.2, -0.15) is 0 Å². The van der Waals surface area contributed by atoms with Crippen molar-refractivity contribution >= 4 is 17.8 Å². The number of esters is 2. The van der Waals surface area contributed by atoms with E-state index in [1.54, 1.807) is 6.92 Å². The quantitative estimate of drug-likeness (QED) is 0.361. The summed E-state index contributed by atoms with van der Waals surface area (Å²) in [5.74, 6) is -2.54. The van der Waals surface area contributed by atoms with E-state index in [-0.39, 0.29) is 6.42 Å². The predicted octanol–water partition coefficient (Wildman–Crippen LogP) is 1.52. The lowest BCUT2D eigenvalue weighted by Gasteiger charge is -2.27. The largest absolute Gasteiger partial charge is 0.461 e. The van der Waals surface area contributed by atoms with Crippen molar-refractivity contribution in [3.8, 4) is 0 Å². The Morgan fingerprint density at radius 2 is 1.55 bits per heavy atom. The van der Waals surface area contributed by atoms with Crippen molar-refractivity contribution in [3.05, 3.63) is 30.2 Å². The van der Waals surface area contributed by atoms with Gasteiger partial charge in [0.15, 0.2) is 0 Å². The van der Waals surface area contributed by atoms with Gasteiger partial charge in [-0.25, -0.2) is 9.59 Å². The van der Waals surface area contributed by atoms with Crippen LogP contribution in [-0.4, -0.2) is 31.1 Å². The fourth-order valence-electron chi connectivity index (χ4n) is 1.53. The van der Waals surface area contributed by atoms with Crippen LogP contribution in [0.4, 0.5) is 0 Å². The molecular formula is C13H17NO6. The zero-order valence-corrected chi connectivity index (χ0v) is 11.3. The number of hydrogen-bond acceptors (Lipinski definition) is 6. The maximum Gasteiger partial charge on any atom is 0.330 e. The van der Waals surface area contributed by atoms with E-state index in [2.05, 4.69) is 18.3 Å². The van der Waals surface area contributed by atoms with Crippen molar-refractivity contribution in [2.24, 2.45) is 10.6 Å². The zero-order valence-electron chi connectivity index (χ0n) is 11.3. The van der Waals surface area contributed by atoms with E-state index in [1.807, 2.05) is 0 Å². The Labute approximate surface area is 116 Å². The van der Waals surface area contributed by atoms with E-state index in [4.69, 9.17) is 9.47 Å². The van der Waals surface area contributed by atoms with Crippen LogP contribution in [0.15, 0.2) is 30.5 Å². The minimum absolute atomic E-state index is 0.173. The normalized spacial score (nSPS) is 10.2. The van der Waals surface area contributed by atoms with Gasteiger partial charge in [-0.15, -0.1) is 4.91 Å². The minimum Gasteiger partial charge on any atom is -0.461 e. The molecule has 7 nitrogen and oxygen atoms in total. The van der Waals surface area contributed by atoms with Gasteiger partial charge in [0.25, 0.3) is 5.91 Å². The molecule has 0 aromatic carbocycles. The van der Waals surface area contributed by atoms with Crippen molar-refractivity contribution in [1.29, 1.82) is 0 Å². The molecule has 0 atom stereocenters. The smallest absolute Gasteiger partial charge is 0.330 e. The van der Waals surface area contributed by atoms with E-state index in [9.17, 15) is 19.3 Å². The van der Waals surface area contributed by atoms with Crippen LogP contribution in [0, 0.1) is 10.3 Å². The van der Waals surface area contributed by atoms with Crippen LogP contribution in [0.5, 0.6) is 0 Å². The predicted molar refractivity (Wildman–Crippen MR) is 70.5 cm³/mol. The second-order valence-electron chi connectivity index (χ2n) is 4.05. The van der Waals surface area contributed by atoms with Crippen LogP contribution < -0.4 is 0 Å². The summed E-state index contributed by atoms with van der Waals surface area (Å²) in [5.41, 5.74) is -1.48. The molecule has 0 radical (unpaired) electrons. The first kappa shape index (κ1) is 17.7. The van der Waals surface area contributed by atoms with Gasteiger partial charge < -0.3 is 9.47 Å². The molecule has 0 bridgehead atoms. The Morgan fingerprint density at radius 3 is 1.85 bits per heavy atom. The average Bonchev–Trinajstić information content (AvgIpc) is 2.48. The number of ether oxygens (including phenoxy) is 2. The van der Waals surface area contributed by atoms with E-state index in [1.165, 1.54) is 0 Å². The van der Waals surface area contributed by atoms with Gasteiger partial charge in [0.05, 0.1) is 0 Å². The topological polar surface area (TPSA) is 99.1 Å². The lowest BCUT2D eigenvalue weighted by atomic mass is 9.84. The molecule has 0 heterocycles. The summed E-state index contributed by atoms with van der Waals surface area (Å²) in [4.78, 5) is 44.4. The summed E-state index contributed by atoms with van der Waals surface area (Å²) in [5, 5.41) is 2.36. The third-order valence-electron chi connectivity index (χ3n) is 2.58. The van der Waals surface area contributed by atoms with E-state index in [0.29, 0.717) is 6.42 Å². The molecule has 0 aromatic heterocycles. The summed E-state index contributed by atoms with van der Waals surface area (Å²) >= 11 is 0. The van der Waals surface area contributed by atoms with Crippen molar-refractivity contribution in [3.63, 3.8) is 0 Å². The summed E-state index contributed by atoms with van der Waals surface area (Å²) < 4.78 is 9.61. The maximum atomic E-state index is 11.7. The fraction of sp³-hybridized carbons (Fsp3) is 0.462. The first-order chi connectivity index (χ1) is 9.45. The van der Waals surface area contributed by atoms with Crippen LogP contribution in [-0.2, 0) is 23.9 Å². The fourth-order valence-corrected chi connectivity index (χ4v) is 1.53. The van der Waals surface area contributed by atoms with Gasteiger partial charge in [-0.05, 0) is 6.42 Å². The van der Waals surface area contributed by atoms with Crippen LogP contribution in [0.1, 0.15) is 19.8 Å².